The predicted octanol–water partition coefficient (Wildman–Crippen LogP) is 3.54. The third-order valence-electron chi connectivity index (χ3n) is 4.95. The van der Waals surface area contributed by atoms with Crippen LogP contribution in [0.3, 0.4) is 0 Å². The smallest absolute Gasteiger partial charge is 0.244 e. The lowest BCUT2D eigenvalue weighted by Gasteiger charge is -2.18. The highest BCUT2D eigenvalue weighted by Crippen LogP contribution is 2.58. The number of rotatable bonds is 5. The van der Waals surface area contributed by atoms with Gasteiger partial charge in [0.05, 0.1) is 12.1 Å². The maximum absolute atomic E-state index is 12.7. The van der Waals surface area contributed by atoms with E-state index in [2.05, 4.69) is 39.8 Å². The monoisotopic (exact) mass is 341 g/mol. The average Bonchev–Trinajstić information content (AvgIpc) is 3.47. The normalized spacial score (nSPS) is 17.8. The van der Waals surface area contributed by atoms with Gasteiger partial charge in [-0.25, -0.2) is 5.43 Å². The van der Waals surface area contributed by atoms with Gasteiger partial charge in [-0.3, -0.25) is 9.78 Å². The van der Waals surface area contributed by atoms with Crippen molar-refractivity contribution >= 4 is 12.1 Å². The number of benzene rings is 2. The first-order valence-electron chi connectivity index (χ1n) is 8.65. The molecular weight excluding hydrogens is 322 g/mol. The minimum Gasteiger partial charge on any atom is -0.273 e. The molecule has 0 bridgehead atoms. The van der Waals surface area contributed by atoms with Crippen LogP contribution in [0, 0.1) is 5.92 Å². The molecule has 1 unspecified atom stereocenters. The number of hydrogen-bond donors (Lipinski definition) is 1. The van der Waals surface area contributed by atoms with E-state index in [9.17, 15) is 4.79 Å². The van der Waals surface area contributed by atoms with Crippen LogP contribution in [0.2, 0.25) is 0 Å². The molecule has 26 heavy (non-hydrogen) atoms. The SMILES string of the molecule is O=C(NN=Cc1ccncc1)C1CC1(c1ccccc1)c1ccccc1. The molecule has 1 aromatic heterocycles. The molecule has 4 nitrogen and oxygen atoms in total. The number of nitrogens with zero attached hydrogens (tertiary/aromatic N) is 2. The van der Waals surface area contributed by atoms with E-state index in [1.165, 1.54) is 11.1 Å². The minimum absolute atomic E-state index is 0.0528. The van der Waals surface area contributed by atoms with Gasteiger partial charge in [-0.2, -0.15) is 5.10 Å². The molecule has 4 heteroatoms. The fraction of sp³-hybridized carbons (Fsp3) is 0.136. The van der Waals surface area contributed by atoms with Crippen LogP contribution in [-0.4, -0.2) is 17.1 Å². The number of hydrazone groups is 1. The molecule has 1 aliphatic rings. The summed E-state index contributed by atoms with van der Waals surface area (Å²) in [5.74, 6) is -0.176. The zero-order chi connectivity index (χ0) is 17.8. The highest BCUT2D eigenvalue weighted by molar-refractivity contribution is 5.87. The second-order valence-electron chi connectivity index (χ2n) is 6.47. The molecule has 4 rings (SSSR count). The second kappa shape index (κ2) is 6.92. The van der Waals surface area contributed by atoms with Crippen LogP contribution >= 0.6 is 0 Å². The summed E-state index contributed by atoms with van der Waals surface area (Å²) in [5.41, 5.74) is 5.67. The van der Waals surface area contributed by atoms with Gasteiger partial charge in [0.2, 0.25) is 5.91 Å². The molecule has 2 aromatic carbocycles. The molecule has 1 heterocycles. The first-order chi connectivity index (χ1) is 12.8. The molecule has 0 saturated heterocycles. The Bertz CT molecular complexity index is 868. The Morgan fingerprint density at radius 3 is 2.12 bits per heavy atom. The highest BCUT2D eigenvalue weighted by atomic mass is 16.2. The topological polar surface area (TPSA) is 54.4 Å². The number of carbonyl (C=O) groups is 1. The number of hydrogen-bond acceptors (Lipinski definition) is 3. The van der Waals surface area contributed by atoms with Crippen LogP contribution in [0.5, 0.6) is 0 Å². The van der Waals surface area contributed by atoms with E-state index in [0.717, 1.165) is 12.0 Å². The van der Waals surface area contributed by atoms with Gasteiger partial charge in [-0.1, -0.05) is 60.7 Å². The lowest BCUT2D eigenvalue weighted by molar-refractivity contribution is -0.122. The van der Waals surface area contributed by atoms with Gasteiger partial charge in [0.1, 0.15) is 0 Å². The predicted molar refractivity (Wildman–Crippen MR) is 102 cm³/mol. The lowest BCUT2D eigenvalue weighted by Crippen LogP contribution is -2.25. The average molecular weight is 341 g/mol. The zero-order valence-electron chi connectivity index (χ0n) is 14.2. The van der Waals surface area contributed by atoms with Crippen molar-refractivity contribution in [3.63, 3.8) is 0 Å². The van der Waals surface area contributed by atoms with Gasteiger partial charge in [0, 0.05) is 17.8 Å². The molecule has 1 aliphatic carbocycles. The fourth-order valence-electron chi connectivity index (χ4n) is 3.55. The Balaban J connectivity index is 1.55. The molecule has 1 saturated carbocycles. The Morgan fingerprint density at radius 2 is 1.54 bits per heavy atom. The van der Waals surface area contributed by atoms with E-state index in [1.807, 2.05) is 48.5 Å². The summed E-state index contributed by atoms with van der Waals surface area (Å²) in [5, 5.41) is 4.10. The van der Waals surface area contributed by atoms with Gasteiger partial charge >= 0.3 is 0 Å². The third kappa shape index (κ3) is 3.02. The summed E-state index contributed by atoms with van der Waals surface area (Å²) in [7, 11) is 0. The number of amides is 1. The summed E-state index contributed by atoms with van der Waals surface area (Å²) in [6.07, 6.45) is 5.81. The maximum Gasteiger partial charge on any atom is 0.244 e. The van der Waals surface area contributed by atoms with E-state index in [1.54, 1.807) is 18.6 Å². The minimum atomic E-state index is -0.265. The largest absolute Gasteiger partial charge is 0.273 e. The van der Waals surface area contributed by atoms with Crippen molar-refractivity contribution in [2.45, 2.75) is 11.8 Å². The van der Waals surface area contributed by atoms with Crippen molar-refractivity contribution in [1.29, 1.82) is 0 Å². The van der Waals surface area contributed by atoms with Crippen LogP contribution in [0.25, 0.3) is 0 Å². The molecule has 0 radical (unpaired) electrons. The molecule has 0 spiro atoms. The van der Waals surface area contributed by atoms with Crippen LogP contribution < -0.4 is 5.43 Å². The number of aromatic nitrogens is 1. The molecule has 128 valence electrons. The Labute approximate surface area is 152 Å². The van der Waals surface area contributed by atoms with E-state index >= 15 is 0 Å². The summed E-state index contributed by atoms with van der Waals surface area (Å²) >= 11 is 0. The molecular formula is C22H19N3O. The van der Waals surface area contributed by atoms with E-state index in [-0.39, 0.29) is 17.2 Å². The maximum atomic E-state index is 12.7. The second-order valence-corrected chi connectivity index (χ2v) is 6.47. The van der Waals surface area contributed by atoms with Crippen LogP contribution in [0.4, 0.5) is 0 Å². The van der Waals surface area contributed by atoms with Crippen molar-refractivity contribution in [2.24, 2.45) is 11.0 Å². The quantitative estimate of drug-likeness (QED) is 0.570. The zero-order valence-corrected chi connectivity index (χ0v) is 14.2. The van der Waals surface area contributed by atoms with Crippen molar-refractivity contribution in [1.82, 2.24) is 10.4 Å². The van der Waals surface area contributed by atoms with Crippen molar-refractivity contribution in [2.75, 3.05) is 0 Å². The van der Waals surface area contributed by atoms with Gasteiger partial charge < -0.3 is 0 Å². The molecule has 1 amide bonds. The highest BCUT2D eigenvalue weighted by Gasteiger charge is 2.60. The van der Waals surface area contributed by atoms with Crippen molar-refractivity contribution in [3.8, 4) is 0 Å². The molecule has 1 N–H and O–H groups in total. The molecule has 1 fully saturated rings. The summed E-state index contributed by atoms with van der Waals surface area (Å²) < 4.78 is 0. The Morgan fingerprint density at radius 1 is 0.962 bits per heavy atom. The molecule has 0 aliphatic heterocycles. The van der Waals surface area contributed by atoms with Gasteiger partial charge in [0.15, 0.2) is 0 Å². The van der Waals surface area contributed by atoms with E-state index in [0.29, 0.717) is 0 Å². The first kappa shape index (κ1) is 16.2. The summed E-state index contributed by atoms with van der Waals surface area (Å²) in [6.45, 7) is 0. The van der Waals surface area contributed by atoms with Crippen LogP contribution in [0.1, 0.15) is 23.1 Å². The number of nitrogens with one attached hydrogen (secondary N) is 1. The van der Waals surface area contributed by atoms with E-state index < -0.39 is 0 Å². The van der Waals surface area contributed by atoms with E-state index in [4.69, 9.17) is 0 Å². The summed E-state index contributed by atoms with van der Waals surface area (Å²) in [4.78, 5) is 16.7. The fourth-order valence-corrected chi connectivity index (χ4v) is 3.55. The summed E-state index contributed by atoms with van der Waals surface area (Å²) in [6, 6.07) is 24.2. The number of carbonyl (C=O) groups excluding carboxylic acids is 1. The van der Waals surface area contributed by atoms with Crippen LogP contribution in [-0.2, 0) is 10.2 Å². The third-order valence-corrected chi connectivity index (χ3v) is 4.95. The van der Waals surface area contributed by atoms with Gasteiger partial charge in [-0.15, -0.1) is 0 Å². The van der Waals surface area contributed by atoms with Crippen molar-refractivity contribution < 1.29 is 4.79 Å². The first-order valence-corrected chi connectivity index (χ1v) is 8.65. The Hall–Kier alpha value is -3.27. The molecule has 3 aromatic rings. The molecule has 1 atom stereocenters. The van der Waals surface area contributed by atoms with Crippen LogP contribution in [0.15, 0.2) is 90.3 Å². The number of pyridine rings is 1. The standard InChI is InChI=1S/C22H19N3O/c26-21(25-24-16-17-11-13-23-14-12-17)20-15-22(20,18-7-3-1-4-8-18)19-9-5-2-6-10-19/h1-14,16,20H,15H2,(H,25,26). The Kier molecular flexibility index (Phi) is 4.32. The lowest BCUT2D eigenvalue weighted by atomic mass is 9.85. The van der Waals surface area contributed by atoms with Crippen molar-refractivity contribution in [3.05, 3.63) is 102 Å². The van der Waals surface area contributed by atoms with Gasteiger partial charge in [-0.05, 0) is 35.2 Å². The van der Waals surface area contributed by atoms with Gasteiger partial charge in [0.25, 0.3) is 0 Å².